The molecule has 1 saturated carbocycles. The summed E-state index contributed by atoms with van der Waals surface area (Å²) in [4.78, 5) is 19.0. The molecule has 0 amide bonds. The molecule has 9 nitrogen and oxygen atoms in total. The van der Waals surface area contributed by atoms with Crippen molar-refractivity contribution >= 4 is 11.9 Å². The Morgan fingerprint density at radius 3 is 2.33 bits per heavy atom. The molecular weight excluding hydrogens is 515 g/mol. The van der Waals surface area contributed by atoms with Crippen LogP contribution in [0.25, 0.3) is 11.3 Å². The van der Waals surface area contributed by atoms with Crippen molar-refractivity contribution in [2.24, 2.45) is 11.5 Å². The summed E-state index contributed by atoms with van der Waals surface area (Å²) in [5, 5.41) is 9.00. The number of ether oxygens (including phenoxy) is 2. The van der Waals surface area contributed by atoms with E-state index in [9.17, 15) is 18.0 Å². The summed E-state index contributed by atoms with van der Waals surface area (Å²) in [6.07, 6.45) is -3.84. The molecule has 0 bridgehead atoms. The maximum atomic E-state index is 14.4. The van der Waals surface area contributed by atoms with Crippen molar-refractivity contribution in [3.05, 3.63) is 65.2 Å². The molecule has 1 aromatic heterocycles. The second-order valence-corrected chi connectivity index (χ2v) is 9.44. The van der Waals surface area contributed by atoms with E-state index in [4.69, 9.17) is 31.8 Å². The fraction of sp³-hybridized carbons (Fsp3) is 0.370. The van der Waals surface area contributed by atoms with Gasteiger partial charge in [-0.2, -0.15) is 18.2 Å². The van der Waals surface area contributed by atoms with Crippen LogP contribution in [0.5, 0.6) is 11.6 Å². The lowest BCUT2D eigenvalue weighted by atomic mass is 10.0. The Labute approximate surface area is 223 Å². The van der Waals surface area contributed by atoms with Gasteiger partial charge in [-0.1, -0.05) is 36.4 Å². The summed E-state index contributed by atoms with van der Waals surface area (Å²) < 4.78 is 54.5. The van der Waals surface area contributed by atoms with E-state index >= 15 is 0 Å². The van der Waals surface area contributed by atoms with Gasteiger partial charge in [0.2, 0.25) is 17.9 Å². The Bertz CT molecular complexity index is 1300. The van der Waals surface area contributed by atoms with E-state index in [1.807, 2.05) is 0 Å². The number of benzene rings is 2. The molecule has 1 heterocycles. The molecule has 0 aliphatic heterocycles. The van der Waals surface area contributed by atoms with E-state index in [-0.39, 0.29) is 47.9 Å². The number of anilines is 1. The number of halogens is 3. The predicted molar refractivity (Wildman–Crippen MR) is 138 cm³/mol. The number of nitrogens with two attached hydrogens (primary N) is 3. The molecule has 2 aromatic carbocycles. The number of hydrogen-bond donors (Lipinski definition) is 4. The highest BCUT2D eigenvalue weighted by molar-refractivity contribution is 5.73. The number of aromatic nitrogens is 2. The van der Waals surface area contributed by atoms with E-state index < -0.39 is 24.3 Å². The van der Waals surface area contributed by atoms with Gasteiger partial charge >= 0.3 is 12.1 Å². The van der Waals surface area contributed by atoms with E-state index in [2.05, 4.69) is 9.97 Å². The molecule has 0 saturated heterocycles. The minimum absolute atomic E-state index is 0.0737. The van der Waals surface area contributed by atoms with Crippen LogP contribution in [0.15, 0.2) is 48.5 Å². The number of aliphatic carboxylic acids is 1. The van der Waals surface area contributed by atoms with E-state index in [0.29, 0.717) is 16.7 Å². The molecule has 4 rings (SSSR count). The molecule has 1 aliphatic carbocycles. The first-order chi connectivity index (χ1) is 18.5. The molecule has 7 N–H and O–H groups in total. The zero-order valence-corrected chi connectivity index (χ0v) is 21.0. The fourth-order valence-electron chi connectivity index (χ4n) is 4.44. The minimum atomic E-state index is -4.80. The van der Waals surface area contributed by atoms with Crippen LogP contribution in [0.1, 0.15) is 48.5 Å². The second kappa shape index (κ2) is 11.9. The summed E-state index contributed by atoms with van der Waals surface area (Å²) in [5.41, 5.74) is 19.0. The number of rotatable bonds is 10. The lowest BCUT2D eigenvalue weighted by Gasteiger charge is -2.25. The van der Waals surface area contributed by atoms with Crippen molar-refractivity contribution in [2.45, 2.75) is 63.1 Å². The molecule has 39 heavy (non-hydrogen) atoms. The van der Waals surface area contributed by atoms with Gasteiger partial charge in [0.05, 0.1) is 11.8 Å². The Kier molecular flexibility index (Phi) is 8.56. The molecule has 1 aliphatic rings. The summed E-state index contributed by atoms with van der Waals surface area (Å²) >= 11 is 0. The van der Waals surface area contributed by atoms with Gasteiger partial charge in [0.15, 0.2) is 0 Å². The fourth-order valence-corrected chi connectivity index (χ4v) is 4.44. The van der Waals surface area contributed by atoms with E-state index in [0.717, 1.165) is 25.7 Å². The lowest BCUT2D eigenvalue weighted by molar-refractivity contribution is -0.199. The van der Waals surface area contributed by atoms with Gasteiger partial charge in [-0.15, -0.1) is 0 Å². The first-order valence-electron chi connectivity index (χ1n) is 12.5. The third-order valence-electron chi connectivity index (χ3n) is 6.47. The maximum Gasteiger partial charge on any atom is 0.429 e. The number of carboxylic acid groups (broad SMARTS) is 1. The van der Waals surface area contributed by atoms with Gasteiger partial charge < -0.3 is 31.8 Å². The SMILES string of the molecule is NCc1ccc(C(Oc2cc(-c3ccc(C[C@H](N)C(=O)O)cc3)nc(N)n2)C(F)(F)F)c(OC2CCCC2)c1. The normalized spacial score (nSPS) is 15.6. The first-order valence-corrected chi connectivity index (χ1v) is 12.5. The molecular formula is C27H30F3N5O4. The average molecular weight is 546 g/mol. The zero-order valence-electron chi connectivity index (χ0n) is 21.0. The van der Waals surface area contributed by atoms with Crippen LogP contribution in [-0.2, 0) is 17.8 Å². The minimum Gasteiger partial charge on any atom is -0.490 e. The van der Waals surface area contributed by atoms with Crippen molar-refractivity contribution in [1.29, 1.82) is 0 Å². The van der Waals surface area contributed by atoms with Crippen molar-refractivity contribution < 1.29 is 32.5 Å². The standard InChI is InChI=1S/C27H30F3N5O4/c28-27(29,30)24(19-10-7-16(14-31)12-22(19)38-18-3-1-2-4-18)39-23-13-21(34-26(33)35-23)17-8-5-15(6-9-17)11-20(32)25(36)37/h5-10,12-13,18,20,24H,1-4,11,14,31-32H2,(H,36,37)(H2,33,34,35)/t20-,24?/m0/s1. The highest BCUT2D eigenvalue weighted by Crippen LogP contribution is 2.42. The number of nitrogen functional groups attached to an aromatic ring is 1. The van der Waals surface area contributed by atoms with Gasteiger partial charge in [-0.05, 0) is 49.3 Å². The van der Waals surface area contributed by atoms with E-state index in [1.165, 1.54) is 24.3 Å². The Balaban J connectivity index is 1.64. The van der Waals surface area contributed by atoms with Gasteiger partial charge in [-0.3, -0.25) is 4.79 Å². The molecule has 1 unspecified atom stereocenters. The van der Waals surface area contributed by atoms with E-state index in [1.54, 1.807) is 24.3 Å². The molecule has 208 valence electrons. The maximum absolute atomic E-state index is 14.4. The number of alkyl halides is 3. The summed E-state index contributed by atoms with van der Waals surface area (Å²) in [6.45, 7) is 0.145. The van der Waals surface area contributed by atoms with Crippen LogP contribution in [0, 0.1) is 0 Å². The number of carboxylic acids is 1. The topological polar surface area (TPSA) is 160 Å². The lowest BCUT2D eigenvalue weighted by Crippen LogP contribution is -2.32. The second-order valence-electron chi connectivity index (χ2n) is 9.44. The first kappa shape index (κ1) is 28.1. The van der Waals surface area contributed by atoms with Gasteiger partial charge in [0, 0.05) is 23.7 Å². The average Bonchev–Trinajstić information content (AvgIpc) is 3.40. The quantitative estimate of drug-likeness (QED) is 0.294. The van der Waals surface area contributed by atoms with Crippen molar-refractivity contribution in [3.63, 3.8) is 0 Å². The number of hydrogen-bond acceptors (Lipinski definition) is 8. The highest BCUT2D eigenvalue weighted by atomic mass is 19.4. The van der Waals surface area contributed by atoms with Crippen molar-refractivity contribution in [3.8, 4) is 22.9 Å². The van der Waals surface area contributed by atoms with Crippen LogP contribution in [0.4, 0.5) is 19.1 Å². The molecule has 12 heteroatoms. The van der Waals surface area contributed by atoms with Crippen LogP contribution in [-0.4, -0.2) is 39.4 Å². The van der Waals surface area contributed by atoms with Crippen LogP contribution in [0.3, 0.4) is 0 Å². The van der Waals surface area contributed by atoms with Crippen LogP contribution < -0.4 is 26.7 Å². The molecule has 3 aromatic rings. The zero-order chi connectivity index (χ0) is 28.2. The molecule has 0 radical (unpaired) electrons. The van der Waals surface area contributed by atoms with Crippen molar-refractivity contribution in [1.82, 2.24) is 9.97 Å². The van der Waals surface area contributed by atoms with Gasteiger partial charge in [-0.25, -0.2) is 4.98 Å². The van der Waals surface area contributed by atoms with Gasteiger partial charge in [0.1, 0.15) is 11.8 Å². The summed E-state index contributed by atoms with van der Waals surface area (Å²) in [7, 11) is 0. The highest BCUT2D eigenvalue weighted by Gasteiger charge is 2.45. The molecule has 2 atom stereocenters. The van der Waals surface area contributed by atoms with Crippen molar-refractivity contribution in [2.75, 3.05) is 5.73 Å². The molecule has 1 fully saturated rings. The van der Waals surface area contributed by atoms with Gasteiger partial charge in [0.25, 0.3) is 0 Å². The number of carbonyl (C=O) groups is 1. The molecule has 0 spiro atoms. The van der Waals surface area contributed by atoms with Crippen LogP contribution >= 0.6 is 0 Å². The van der Waals surface area contributed by atoms with Crippen LogP contribution in [0.2, 0.25) is 0 Å². The summed E-state index contributed by atoms with van der Waals surface area (Å²) in [5.74, 6) is -1.70. The summed E-state index contributed by atoms with van der Waals surface area (Å²) in [6, 6.07) is 11.1. The Hall–Kier alpha value is -3.90. The third-order valence-corrected chi connectivity index (χ3v) is 6.47. The number of nitrogens with zero attached hydrogens (tertiary/aromatic N) is 2. The third kappa shape index (κ3) is 7.15. The smallest absolute Gasteiger partial charge is 0.429 e. The predicted octanol–water partition coefficient (Wildman–Crippen LogP) is 4.14. The Morgan fingerprint density at radius 1 is 1.05 bits per heavy atom. The monoisotopic (exact) mass is 545 g/mol. The Morgan fingerprint density at radius 2 is 1.72 bits per heavy atom. The largest absolute Gasteiger partial charge is 0.490 e.